The molecule has 0 aliphatic carbocycles. The molecule has 2 aromatic carbocycles. The fourth-order valence-electron chi connectivity index (χ4n) is 9.06. The lowest BCUT2D eigenvalue weighted by molar-refractivity contribution is 0.0672. The summed E-state index contributed by atoms with van der Waals surface area (Å²) >= 11 is 0. The van der Waals surface area contributed by atoms with Crippen LogP contribution in [0, 0.1) is 11.8 Å². The van der Waals surface area contributed by atoms with Crippen LogP contribution in [0.3, 0.4) is 0 Å². The Balaban J connectivity index is 0.000000199. The number of aromatic amines is 2. The highest BCUT2D eigenvalue weighted by Gasteiger charge is 2.28. The number of hydrogen-bond acceptors (Lipinski definition) is 9. The lowest BCUT2D eigenvalue weighted by Gasteiger charge is -2.32. The summed E-state index contributed by atoms with van der Waals surface area (Å²) in [5, 5.41) is 7.86. The Morgan fingerprint density at radius 3 is 1.58 bits per heavy atom. The number of carbonyl (C=O) groups excluding carboxylic acids is 4. The summed E-state index contributed by atoms with van der Waals surface area (Å²) in [5.41, 5.74) is 4.11. The van der Waals surface area contributed by atoms with Crippen LogP contribution in [0.15, 0.2) is 91.5 Å². The zero-order valence-corrected chi connectivity index (χ0v) is 39.0. The third kappa shape index (κ3) is 12.7. The minimum absolute atomic E-state index is 0.0387. The van der Waals surface area contributed by atoms with Gasteiger partial charge in [-0.3, -0.25) is 29.1 Å². The number of pyridine rings is 2. The van der Waals surface area contributed by atoms with Crippen LogP contribution in [-0.4, -0.2) is 113 Å². The van der Waals surface area contributed by atoms with E-state index in [0.717, 1.165) is 112 Å². The molecule has 15 nitrogen and oxygen atoms in total. The number of hydrogen-bond donors (Lipinski definition) is 4. The third-order valence-electron chi connectivity index (χ3n) is 12.8. The molecular weight excluding hydrogens is 849 g/mol. The predicted molar refractivity (Wildman–Crippen MR) is 259 cm³/mol. The minimum Gasteiger partial charge on any atom is -0.496 e. The van der Waals surface area contributed by atoms with Crippen LogP contribution in [0.4, 0.5) is 0 Å². The van der Waals surface area contributed by atoms with Gasteiger partial charge in [0.05, 0.1) is 26.4 Å². The summed E-state index contributed by atoms with van der Waals surface area (Å²) in [6.45, 7) is 6.83. The van der Waals surface area contributed by atoms with Crippen LogP contribution in [-0.2, 0) is 0 Å². The molecule has 2 saturated heterocycles. The molecule has 4 aromatic heterocycles. The van der Waals surface area contributed by atoms with Gasteiger partial charge >= 0.3 is 0 Å². The van der Waals surface area contributed by atoms with Crippen LogP contribution >= 0.6 is 0 Å². The number of unbranched alkanes of at least 4 members (excludes halogenated alkanes) is 2. The van der Waals surface area contributed by atoms with Crippen molar-refractivity contribution >= 4 is 45.4 Å². The highest BCUT2D eigenvalue weighted by atomic mass is 16.5. The minimum atomic E-state index is -0.0882. The van der Waals surface area contributed by atoms with Gasteiger partial charge in [-0.1, -0.05) is 43.9 Å². The van der Waals surface area contributed by atoms with Gasteiger partial charge < -0.3 is 44.6 Å². The number of aromatic nitrogens is 4. The molecule has 2 fully saturated rings. The molecule has 0 unspecified atom stereocenters. The second-order valence-electron chi connectivity index (χ2n) is 17.2. The van der Waals surface area contributed by atoms with Crippen molar-refractivity contribution in [1.82, 2.24) is 40.4 Å². The van der Waals surface area contributed by atoms with Crippen LogP contribution in [0.5, 0.6) is 17.2 Å². The summed E-state index contributed by atoms with van der Waals surface area (Å²) in [7, 11) is 3.13. The first-order chi connectivity index (χ1) is 32.8. The zero-order valence-electron chi connectivity index (χ0n) is 39.0. The Kier molecular flexibility index (Phi) is 17.2. The molecule has 0 spiro atoms. The zero-order chi connectivity index (χ0) is 47.0. The molecule has 2 aliphatic rings. The van der Waals surface area contributed by atoms with Crippen molar-refractivity contribution in [1.29, 1.82) is 0 Å². The maximum Gasteiger partial charge on any atom is 0.267 e. The van der Waals surface area contributed by atoms with Crippen molar-refractivity contribution in [3.05, 3.63) is 114 Å². The number of nitrogens with zero attached hydrogens (tertiary/aromatic N) is 4. The number of carbonyl (C=O) groups is 4. The maximum atomic E-state index is 13.1. The Morgan fingerprint density at radius 2 is 1.10 bits per heavy atom. The van der Waals surface area contributed by atoms with Crippen LogP contribution in [0.2, 0.25) is 0 Å². The smallest absolute Gasteiger partial charge is 0.267 e. The molecule has 6 heterocycles. The molecule has 6 aromatic rings. The number of nitrogens with one attached hydrogen (secondary N) is 4. The van der Waals surface area contributed by atoms with Gasteiger partial charge in [-0.05, 0) is 106 Å². The summed E-state index contributed by atoms with van der Waals surface area (Å²) < 4.78 is 16.4. The second-order valence-corrected chi connectivity index (χ2v) is 17.2. The van der Waals surface area contributed by atoms with E-state index in [1.165, 1.54) is 0 Å². The van der Waals surface area contributed by atoms with Crippen molar-refractivity contribution < 1.29 is 33.4 Å². The molecule has 0 radical (unpaired) electrons. The van der Waals surface area contributed by atoms with Crippen LogP contribution in [0.25, 0.3) is 21.8 Å². The average Bonchev–Trinajstić information content (AvgIpc) is 4.02. The first-order valence-corrected chi connectivity index (χ1v) is 23.7. The summed E-state index contributed by atoms with van der Waals surface area (Å²) in [5.74, 6) is 2.83. The SMILES string of the molecule is CCOc1ccccc1C(=O)N1CCC(CCCCNC(=O)c2cc3cnccc3[nH]2)CC1.COc1cccc(OC)c1C(=O)N1CCC(CCCCNC(=O)c2cc3cnccc3[nH]2)CC1. The molecule has 15 heteroatoms. The quantitative estimate of drug-likeness (QED) is 0.0615. The molecule has 0 saturated carbocycles. The molecule has 4 N–H and O–H groups in total. The Hall–Kier alpha value is -6.90. The fraction of sp³-hybridized carbons (Fsp3) is 0.423. The molecule has 67 heavy (non-hydrogen) atoms. The van der Waals surface area contributed by atoms with E-state index in [4.69, 9.17) is 14.2 Å². The number of methoxy groups -OCH3 is 2. The number of fused-ring (bicyclic) bond motifs is 2. The number of piperidine rings is 2. The van der Waals surface area contributed by atoms with E-state index in [2.05, 4.69) is 30.6 Å². The second kappa shape index (κ2) is 24.0. The van der Waals surface area contributed by atoms with Crippen molar-refractivity contribution in [3.8, 4) is 17.2 Å². The maximum absolute atomic E-state index is 13.1. The van der Waals surface area contributed by atoms with E-state index >= 15 is 0 Å². The summed E-state index contributed by atoms with van der Waals surface area (Å²) in [4.78, 5) is 69.0. The van der Waals surface area contributed by atoms with Gasteiger partial charge in [-0.15, -0.1) is 0 Å². The first-order valence-electron chi connectivity index (χ1n) is 23.7. The van der Waals surface area contributed by atoms with Gasteiger partial charge in [0, 0.05) is 85.9 Å². The van der Waals surface area contributed by atoms with Gasteiger partial charge in [-0.2, -0.15) is 0 Å². The van der Waals surface area contributed by atoms with E-state index in [0.29, 0.717) is 71.3 Å². The monoisotopic (exact) mass is 912 g/mol. The predicted octanol–water partition coefficient (Wildman–Crippen LogP) is 8.45. The average molecular weight is 913 g/mol. The molecule has 0 atom stereocenters. The Morgan fingerprint density at radius 1 is 0.627 bits per heavy atom. The van der Waals surface area contributed by atoms with Crippen molar-refractivity contribution in [3.63, 3.8) is 0 Å². The largest absolute Gasteiger partial charge is 0.496 e. The van der Waals surface area contributed by atoms with Gasteiger partial charge in [0.15, 0.2) is 0 Å². The molecular formula is C52H64N8O7. The molecule has 354 valence electrons. The third-order valence-corrected chi connectivity index (χ3v) is 12.8. The number of benzene rings is 2. The van der Waals surface area contributed by atoms with E-state index in [1.54, 1.807) is 51.1 Å². The van der Waals surface area contributed by atoms with Gasteiger partial charge in [0.25, 0.3) is 23.6 Å². The summed E-state index contributed by atoms with van der Waals surface area (Å²) in [6.07, 6.45) is 17.2. The number of ether oxygens (including phenoxy) is 3. The lowest BCUT2D eigenvalue weighted by atomic mass is 9.91. The number of para-hydroxylation sites is 1. The van der Waals surface area contributed by atoms with Crippen molar-refractivity contribution in [2.45, 2.75) is 71.1 Å². The first kappa shape index (κ1) is 48.0. The number of H-pyrrole nitrogens is 2. The number of amides is 4. The molecule has 8 rings (SSSR count). The fourth-order valence-corrected chi connectivity index (χ4v) is 9.06. The molecule has 2 aliphatic heterocycles. The van der Waals surface area contributed by atoms with Crippen molar-refractivity contribution in [2.75, 3.05) is 60.1 Å². The van der Waals surface area contributed by atoms with Crippen LogP contribution < -0.4 is 24.8 Å². The Bertz CT molecular complexity index is 2490. The van der Waals surface area contributed by atoms with Gasteiger partial charge in [0.2, 0.25) is 0 Å². The van der Waals surface area contributed by atoms with E-state index in [-0.39, 0.29) is 23.6 Å². The Labute approximate surface area is 392 Å². The molecule has 4 amide bonds. The van der Waals surface area contributed by atoms with Crippen molar-refractivity contribution in [2.24, 2.45) is 11.8 Å². The van der Waals surface area contributed by atoms with Crippen LogP contribution in [0.1, 0.15) is 113 Å². The van der Waals surface area contributed by atoms with E-state index < -0.39 is 0 Å². The standard InChI is InChI=1S/C26H32N4O4.C26H32N4O3/c1-33-22-7-5-8-23(34-2)24(22)26(32)30-14-10-18(11-15-30)6-3-4-12-28-25(31)21-16-19-17-27-13-9-20(19)29-21;1-2-33-24-9-4-3-8-21(24)26(32)30-15-11-19(12-16-30)7-5-6-13-28-25(31)23-17-20-18-27-14-10-22(20)29-23/h5,7-9,13,16-18,29H,3-4,6,10-12,14-15H2,1-2H3,(H,28,31);3-4,8-10,14,17-19,29H,2,5-7,11-13,15-16H2,1H3,(H,28,31). The highest BCUT2D eigenvalue weighted by molar-refractivity contribution is 6.00. The van der Waals surface area contributed by atoms with E-state index in [9.17, 15) is 19.2 Å². The topological polar surface area (TPSA) is 184 Å². The van der Waals surface area contributed by atoms with Gasteiger partial charge in [0.1, 0.15) is 34.2 Å². The van der Waals surface area contributed by atoms with E-state index in [1.807, 2.05) is 71.3 Å². The number of likely N-dealkylation sites (tertiary alicyclic amines) is 2. The van der Waals surface area contributed by atoms with Gasteiger partial charge in [-0.25, -0.2) is 0 Å². The summed E-state index contributed by atoms with van der Waals surface area (Å²) in [6, 6.07) is 20.3. The normalized spacial score (nSPS) is 14.3. The molecule has 0 bridgehead atoms. The number of rotatable bonds is 18. The lowest BCUT2D eigenvalue weighted by Crippen LogP contribution is -2.38. The highest BCUT2D eigenvalue weighted by Crippen LogP contribution is 2.32.